The lowest BCUT2D eigenvalue weighted by atomic mass is 10.1. The van der Waals surface area contributed by atoms with Gasteiger partial charge in [-0.25, -0.2) is 0 Å². The quantitative estimate of drug-likeness (QED) is 0.419. The van der Waals surface area contributed by atoms with Gasteiger partial charge in [0.1, 0.15) is 12.3 Å². The number of aliphatic hydroxyl groups excluding tert-OH is 1. The van der Waals surface area contributed by atoms with Crippen LogP contribution in [0.3, 0.4) is 0 Å². The fourth-order valence-electron chi connectivity index (χ4n) is 1.89. The topological polar surface area (TPSA) is 29.5 Å². The summed E-state index contributed by atoms with van der Waals surface area (Å²) < 4.78 is 7.33. The Morgan fingerprint density at radius 2 is 1.68 bits per heavy atom. The summed E-state index contributed by atoms with van der Waals surface area (Å²) in [7, 11) is 4.66. The molecule has 0 saturated carbocycles. The predicted molar refractivity (Wildman–Crippen MR) is 91.9 cm³/mol. The molecule has 0 amide bonds. The van der Waals surface area contributed by atoms with Crippen LogP contribution in [0.15, 0.2) is 18.2 Å². The number of benzene rings is 1. The zero-order chi connectivity index (χ0) is 16.5. The number of quaternary nitrogens is 1. The van der Waals surface area contributed by atoms with E-state index in [1.807, 2.05) is 12.1 Å². The highest BCUT2D eigenvalue weighted by Gasteiger charge is 2.39. The van der Waals surface area contributed by atoms with Crippen molar-refractivity contribution < 1.29 is 38.0 Å². The Kier molecular flexibility index (Phi) is 7.60. The fraction of sp³-hybridized carbons (Fsp3) is 0.647. The first-order chi connectivity index (χ1) is 9.36. The Morgan fingerprint density at radius 3 is 2.09 bits per heavy atom. The van der Waals surface area contributed by atoms with Gasteiger partial charge in [-0.15, -0.1) is 0 Å². The molecule has 0 bridgehead atoms. The van der Waals surface area contributed by atoms with E-state index in [1.165, 1.54) is 5.56 Å². The van der Waals surface area contributed by atoms with E-state index in [2.05, 4.69) is 61.1 Å². The molecule has 1 rings (SSSR count). The highest BCUT2D eigenvalue weighted by molar-refractivity contribution is 6.74. The number of halogens is 1. The molecule has 3 nitrogen and oxygen atoms in total. The van der Waals surface area contributed by atoms with Crippen LogP contribution in [0.1, 0.15) is 31.9 Å². The van der Waals surface area contributed by atoms with E-state index >= 15 is 0 Å². The molecule has 0 fully saturated rings. The summed E-state index contributed by atoms with van der Waals surface area (Å²) in [6.45, 7) is 12.2. The van der Waals surface area contributed by atoms with E-state index < -0.39 is 8.32 Å². The average molecular weight is 437 g/mol. The second-order valence-electron chi connectivity index (χ2n) is 8.41. The predicted octanol–water partition coefficient (Wildman–Crippen LogP) is 0.773. The average Bonchev–Trinajstić information content (AvgIpc) is 2.27. The lowest BCUT2D eigenvalue weighted by molar-refractivity contribution is -0.884. The third kappa shape index (κ3) is 6.18. The molecule has 0 heterocycles. The largest absolute Gasteiger partial charge is 1.00 e. The van der Waals surface area contributed by atoms with E-state index in [0.717, 1.165) is 22.3 Å². The summed E-state index contributed by atoms with van der Waals surface area (Å²) in [5, 5.41) is 9.55. The third-order valence-electron chi connectivity index (χ3n) is 4.12. The molecule has 0 radical (unpaired) electrons. The fourth-order valence-corrected chi connectivity index (χ4v) is 2.95. The third-order valence-corrected chi connectivity index (χ3v) is 8.47. The Balaban J connectivity index is 0.00000441. The number of hydrogen-bond acceptors (Lipinski definition) is 2. The van der Waals surface area contributed by atoms with Gasteiger partial charge in [-0.2, -0.15) is 0 Å². The SMILES string of the molecule is CC(C)(C)[Si](C)(C)Oc1ccc(CO)cc1C[N+](C)(C)C.[I-]. The van der Waals surface area contributed by atoms with Gasteiger partial charge in [0.15, 0.2) is 0 Å². The van der Waals surface area contributed by atoms with Crippen LogP contribution in [-0.4, -0.2) is 39.0 Å². The highest BCUT2D eigenvalue weighted by atomic mass is 127. The molecule has 0 saturated heterocycles. The summed E-state index contributed by atoms with van der Waals surface area (Å²) in [4.78, 5) is 0. The maximum atomic E-state index is 9.38. The summed E-state index contributed by atoms with van der Waals surface area (Å²) in [6, 6.07) is 6.06. The Morgan fingerprint density at radius 1 is 1.14 bits per heavy atom. The molecule has 1 aromatic rings. The van der Waals surface area contributed by atoms with Crippen LogP contribution in [-0.2, 0) is 13.2 Å². The number of rotatable bonds is 5. The molecule has 1 aromatic carbocycles. The molecule has 128 valence electrons. The van der Waals surface area contributed by atoms with Crippen LogP contribution >= 0.6 is 0 Å². The molecule has 1 N–H and O–H groups in total. The van der Waals surface area contributed by atoms with Crippen molar-refractivity contribution in [2.24, 2.45) is 0 Å². The van der Waals surface area contributed by atoms with Crippen molar-refractivity contribution in [2.75, 3.05) is 21.1 Å². The van der Waals surface area contributed by atoms with Gasteiger partial charge >= 0.3 is 0 Å². The monoisotopic (exact) mass is 437 g/mol. The van der Waals surface area contributed by atoms with E-state index in [1.54, 1.807) is 0 Å². The molecule has 0 aliphatic rings. The van der Waals surface area contributed by atoms with Gasteiger partial charge < -0.3 is 38.0 Å². The van der Waals surface area contributed by atoms with E-state index in [-0.39, 0.29) is 35.6 Å². The van der Waals surface area contributed by atoms with Crippen LogP contribution in [0.2, 0.25) is 18.1 Å². The Labute approximate surface area is 154 Å². The number of aliphatic hydroxyl groups is 1. The molecule has 0 aliphatic heterocycles. The van der Waals surface area contributed by atoms with Crippen molar-refractivity contribution in [1.82, 2.24) is 0 Å². The minimum absolute atomic E-state index is 0. The molecular weight excluding hydrogens is 405 g/mol. The van der Waals surface area contributed by atoms with Gasteiger partial charge in [-0.3, -0.25) is 0 Å². The number of hydrogen-bond donors (Lipinski definition) is 1. The molecular formula is C17H32INO2Si. The standard InChI is InChI=1S/C17H32NO2Si.HI/c1-17(2,3)21(7,8)20-16-10-9-14(13-19)11-15(16)12-18(4,5)6;/h9-11,19H,12-13H2,1-8H3;1H/q+1;/p-1. The van der Waals surface area contributed by atoms with E-state index in [0.29, 0.717) is 0 Å². The van der Waals surface area contributed by atoms with Gasteiger partial charge in [0, 0.05) is 5.56 Å². The summed E-state index contributed by atoms with van der Waals surface area (Å²) >= 11 is 0. The molecule has 0 unspecified atom stereocenters. The lowest BCUT2D eigenvalue weighted by Crippen LogP contribution is -3.00. The summed E-state index contributed by atoms with van der Waals surface area (Å²) in [5.41, 5.74) is 2.12. The Bertz CT molecular complexity index is 490. The smallest absolute Gasteiger partial charge is 0.250 e. The molecule has 0 aromatic heterocycles. The summed E-state index contributed by atoms with van der Waals surface area (Å²) in [5.74, 6) is 0.979. The van der Waals surface area contributed by atoms with Crippen molar-refractivity contribution >= 4 is 8.32 Å². The van der Waals surface area contributed by atoms with Crippen molar-refractivity contribution in [1.29, 1.82) is 0 Å². The van der Waals surface area contributed by atoms with Gasteiger partial charge in [-0.05, 0) is 35.8 Å². The van der Waals surface area contributed by atoms with E-state index in [9.17, 15) is 5.11 Å². The first kappa shape index (κ1) is 21.9. The van der Waals surface area contributed by atoms with Crippen LogP contribution in [0.25, 0.3) is 0 Å². The van der Waals surface area contributed by atoms with Gasteiger partial charge in [-0.1, -0.05) is 26.8 Å². The zero-order valence-corrected chi connectivity index (χ0v) is 18.5. The highest BCUT2D eigenvalue weighted by Crippen LogP contribution is 2.38. The van der Waals surface area contributed by atoms with Gasteiger partial charge in [0.2, 0.25) is 8.32 Å². The van der Waals surface area contributed by atoms with Crippen molar-refractivity contribution in [3.05, 3.63) is 29.3 Å². The molecule has 0 spiro atoms. The Hall–Kier alpha value is -0.113. The first-order valence-electron chi connectivity index (χ1n) is 7.58. The minimum atomic E-state index is -1.85. The van der Waals surface area contributed by atoms with Crippen LogP contribution < -0.4 is 28.4 Å². The van der Waals surface area contributed by atoms with Gasteiger partial charge in [0.05, 0.1) is 27.7 Å². The van der Waals surface area contributed by atoms with E-state index in [4.69, 9.17) is 4.43 Å². The first-order valence-corrected chi connectivity index (χ1v) is 10.5. The second-order valence-corrected chi connectivity index (χ2v) is 13.1. The van der Waals surface area contributed by atoms with Gasteiger partial charge in [0.25, 0.3) is 0 Å². The maximum Gasteiger partial charge on any atom is 0.250 e. The zero-order valence-electron chi connectivity index (χ0n) is 15.3. The van der Waals surface area contributed by atoms with Crippen LogP contribution in [0.4, 0.5) is 0 Å². The summed E-state index contributed by atoms with van der Waals surface area (Å²) in [6.07, 6.45) is 0. The minimum Gasteiger partial charge on any atom is -1.00 e. The number of nitrogens with zero attached hydrogens (tertiary/aromatic N) is 1. The molecule has 22 heavy (non-hydrogen) atoms. The maximum absolute atomic E-state index is 9.38. The van der Waals surface area contributed by atoms with Crippen molar-refractivity contribution in [2.45, 2.75) is 52.1 Å². The van der Waals surface area contributed by atoms with Crippen LogP contribution in [0.5, 0.6) is 5.75 Å². The normalized spacial score (nSPS) is 12.8. The lowest BCUT2D eigenvalue weighted by Gasteiger charge is -2.37. The van der Waals surface area contributed by atoms with Crippen LogP contribution in [0, 0.1) is 0 Å². The molecule has 5 heteroatoms. The molecule has 0 atom stereocenters. The second kappa shape index (κ2) is 7.64. The van der Waals surface area contributed by atoms with Crippen molar-refractivity contribution in [3.8, 4) is 5.75 Å². The van der Waals surface area contributed by atoms with Crippen molar-refractivity contribution in [3.63, 3.8) is 0 Å². The molecule has 0 aliphatic carbocycles.